The van der Waals surface area contributed by atoms with E-state index < -0.39 is 15.1 Å². The SMILES string of the molecule is CCCCCCCCCOc1nc2ccccc2nc1[C@@H](C#N)S(=O)(=O)c1ccc(C)cc1. The van der Waals surface area contributed by atoms with Gasteiger partial charge in [0.05, 0.1) is 28.6 Å². The highest BCUT2D eigenvalue weighted by Gasteiger charge is 2.34. The molecule has 0 unspecified atom stereocenters. The molecule has 0 bridgehead atoms. The van der Waals surface area contributed by atoms with Crippen LogP contribution in [0.25, 0.3) is 11.0 Å². The molecular formula is C26H31N3O3S. The van der Waals surface area contributed by atoms with E-state index in [2.05, 4.69) is 16.9 Å². The molecular weight excluding hydrogens is 434 g/mol. The zero-order chi connectivity index (χ0) is 23.7. The van der Waals surface area contributed by atoms with Gasteiger partial charge in [-0.25, -0.2) is 18.4 Å². The van der Waals surface area contributed by atoms with Crippen LogP contribution in [0.4, 0.5) is 0 Å². The van der Waals surface area contributed by atoms with Gasteiger partial charge in [-0.1, -0.05) is 75.3 Å². The number of benzene rings is 2. The third-order valence-corrected chi connectivity index (χ3v) is 7.45. The van der Waals surface area contributed by atoms with Gasteiger partial charge in [0, 0.05) is 0 Å². The lowest BCUT2D eigenvalue weighted by atomic mass is 10.1. The number of unbranched alkanes of at least 4 members (excludes halogenated alkanes) is 6. The Hall–Kier alpha value is -2.98. The second-order valence-electron chi connectivity index (χ2n) is 8.24. The Kier molecular flexibility index (Phi) is 8.79. The number of sulfone groups is 1. The van der Waals surface area contributed by atoms with Crippen molar-refractivity contribution in [2.75, 3.05) is 6.61 Å². The Morgan fingerprint density at radius 1 is 0.909 bits per heavy atom. The molecule has 0 spiro atoms. The van der Waals surface area contributed by atoms with Crippen LogP contribution in [-0.2, 0) is 9.84 Å². The van der Waals surface area contributed by atoms with Crippen LogP contribution in [0.15, 0.2) is 53.4 Å². The number of rotatable bonds is 12. The van der Waals surface area contributed by atoms with Gasteiger partial charge in [-0.2, -0.15) is 5.26 Å². The van der Waals surface area contributed by atoms with Crippen molar-refractivity contribution in [2.45, 2.75) is 68.9 Å². The van der Waals surface area contributed by atoms with Crippen LogP contribution in [-0.4, -0.2) is 25.0 Å². The maximum absolute atomic E-state index is 13.3. The van der Waals surface area contributed by atoms with Crippen LogP contribution in [0.5, 0.6) is 5.88 Å². The summed E-state index contributed by atoms with van der Waals surface area (Å²) in [6, 6.07) is 15.6. The standard InChI is InChI=1S/C26H31N3O3S/c1-3-4-5-6-7-8-11-18-32-26-25(28-22-12-9-10-13-23(22)29-26)24(19-27)33(30,31)21-16-14-20(2)15-17-21/h9-10,12-17,24H,3-8,11,18H2,1-2H3/t24-/m1/s1. The van der Waals surface area contributed by atoms with Gasteiger partial charge in [0.15, 0.2) is 5.25 Å². The van der Waals surface area contributed by atoms with E-state index in [0.29, 0.717) is 17.6 Å². The fourth-order valence-corrected chi connectivity index (χ4v) is 5.02. The number of ether oxygens (including phenoxy) is 1. The largest absolute Gasteiger partial charge is 0.476 e. The molecule has 0 radical (unpaired) electrons. The van der Waals surface area contributed by atoms with E-state index in [-0.39, 0.29) is 16.5 Å². The second-order valence-corrected chi connectivity index (χ2v) is 10.3. The number of hydrogen-bond donors (Lipinski definition) is 0. The third kappa shape index (κ3) is 6.29. The topological polar surface area (TPSA) is 92.9 Å². The van der Waals surface area contributed by atoms with E-state index in [9.17, 15) is 13.7 Å². The average molecular weight is 466 g/mol. The van der Waals surface area contributed by atoms with Crippen molar-refractivity contribution in [2.24, 2.45) is 0 Å². The summed E-state index contributed by atoms with van der Waals surface area (Å²) in [5, 5.41) is 8.37. The highest BCUT2D eigenvalue weighted by atomic mass is 32.2. The minimum Gasteiger partial charge on any atom is -0.476 e. The number of nitrogens with zero attached hydrogens (tertiary/aromatic N) is 3. The van der Waals surface area contributed by atoms with Crippen molar-refractivity contribution in [3.8, 4) is 11.9 Å². The predicted octanol–water partition coefficient (Wildman–Crippen LogP) is 6.11. The van der Waals surface area contributed by atoms with E-state index in [0.717, 1.165) is 24.8 Å². The molecule has 0 aliphatic rings. The van der Waals surface area contributed by atoms with Crippen molar-refractivity contribution in [3.05, 3.63) is 59.8 Å². The summed E-state index contributed by atoms with van der Waals surface area (Å²) in [6.07, 6.45) is 7.95. The van der Waals surface area contributed by atoms with E-state index >= 15 is 0 Å². The lowest BCUT2D eigenvalue weighted by molar-refractivity contribution is 0.290. The molecule has 3 aromatic rings. The Morgan fingerprint density at radius 3 is 2.15 bits per heavy atom. The van der Waals surface area contributed by atoms with Gasteiger partial charge < -0.3 is 4.74 Å². The van der Waals surface area contributed by atoms with E-state index in [4.69, 9.17) is 4.74 Å². The first-order chi connectivity index (χ1) is 16.0. The molecule has 3 rings (SSSR count). The van der Waals surface area contributed by atoms with Crippen LogP contribution in [0.2, 0.25) is 0 Å². The summed E-state index contributed by atoms with van der Waals surface area (Å²) in [7, 11) is -4.00. The molecule has 1 heterocycles. The van der Waals surface area contributed by atoms with Gasteiger partial charge in [0.1, 0.15) is 5.69 Å². The number of hydrogen-bond acceptors (Lipinski definition) is 6. The molecule has 0 fully saturated rings. The van der Waals surface area contributed by atoms with Gasteiger partial charge in [-0.05, 0) is 37.6 Å². The summed E-state index contributed by atoms with van der Waals surface area (Å²) in [5.74, 6) is 0.113. The first-order valence-electron chi connectivity index (χ1n) is 11.6. The molecule has 33 heavy (non-hydrogen) atoms. The zero-order valence-electron chi connectivity index (χ0n) is 19.3. The Bertz CT molecular complexity index is 1200. The molecule has 0 aliphatic carbocycles. The monoisotopic (exact) mass is 465 g/mol. The molecule has 6 nitrogen and oxygen atoms in total. The predicted molar refractivity (Wildman–Crippen MR) is 130 cm³/mol. The minimum absolute atomic E-state index is 0.0414. The normalized spacial score (nSPS) is 12.4. The molecule has 0 amide bonds. The lowest BCUT2D eigenvalue weighted by Gasteiger charge is -2.15. The number of nitriles is 1. The Balaban J connectivity index is 1.85. The van der Waals surface area contributed by atoms with Gasteiger partial charge in [0.25, 0.3) is 0 Å². The smallest absolute Gasteiger partial charge is 0.238 e. The van der Waals surface area contributed by atoms with Crippen molar-refractivity contribution in [1.29, 1.82) is 5.26 Å². The third-order valence-electron chi connectivity index (χ3n) is 5.58. The van der Waals surface area contributed by atoms with Crippen LogP contribution >= 0.6 is 0 Å². The fraction of sp³-hybridized carbons (Fsp3) is 0.423. The van der Waals surface area contributed by atoms with Crippen LogP contribution < -0.4 is 4.74 Å². The number of para-hydroxylation sites is 2. The molecule has 2 aromatic carbocycles. The average Bonchev–Trinajstić information content (AvgIpc) is 2.81. The Labute approximate surface area is 196 Å². The van der Waals surface area contributed by atoms with Gasteiger partial charge in [-0.15, -0.1) is 0 Å². The van der Waals surface area contributed by atoms with Crippen LogP contribution in [0, 0.1) is 18.3 Å². The minimum atomic E-state index is -4.00. The summed E-state index contributed by atoms with van der Waals surface area (Å²) in [5.41, 5.74) is 2.10. The molecule has 174 valence electrons. The number of aryl methyl sites for hydroxylation is 1. The number of aromatic nitrogens is 2. The highest BCUT2D eigenvalue weighted by Crippen LogP contribution is 2.33. The van der Waals surface area contributed by atoms with Gasteiger partial charge in [0.2, 0.25) is 15.7 Å². The van der Waals surface area contributed by atoms with E-state index in [1.54, 1.807) is 30.3 Å². The molecule has 7 heteroatoms. The molecule has 0 saturated heterocycles. The van der Waals surface area contributed by atoms with Crippen LogP contribution in [0.1, 0.15) is 68.4 Å². The lowest BCUT2D eigenvalue weighted by Crippen LogP contribution is -2.16. The van der Waals surface area contributed by atoms with E-state index in [1.807, 2.05) is 19.1 Å². The fourth-order valence-electron chi connectivity index (χ4n) is 3.64. The van der Waals surface area contributed by atoms with E-state index in [1.165, 1.54) is 37.8 Å². The Morgan fingerprint density at radius 2 is 1.52 bits per heavy atom. The number of fused-ring (bicyclic) bond motifs is 1. The first-order valence-corrected chi connectivity index (χ1v) is 13.1. The van der Waals surface area contributed by atoms with Crippen LogP contribution in [0.3, 0.4) is 0 Å². The van der Waals surface area contributed by atoms with Crippen molar-refractivity contribution < 1.29 is 13.2 Å². The highest BCUT2D eigenvalue weighted by molar-refractivity contribution is 7.92. The first kappa shape index (κ1) is 24.7. The quantitative estimate of drug-likeness (QED) is 0.300. The molecule has 0 N–H and O–H groups in total. The summed E-state index contributed by atoms with van der Waals surface area (Å²) < 4.78 is 32.6. The van der Waals surface area contributed by atoms with Crippen molar-refractivity contribution >= 4 is 20.9 Å². The summed E-state index contributed by atoms with van der Waals surface area (Å²) >= 11 is 0. The van der Waals surface area contributed by atoms with Gasteiger partial charge >= 0.3 is 0 Å². The maximum Gasteiger partial charge on any atom is 0.238 e. The molecule has 0 aliphatic heterocycles. The summed E-state index contributed by atoms with van der Waals surface area (Å²) in [6.45, 7) is 4.48. The second kappa shape index (κ2) is 11.8. The van der Waals surface area contributed by atoms with Crippen molar-refractivity contribution in [1.82, 2.24) is 9.97 Å². The summed E-state index contributed by atoms with van der Waals surface area (Å²) in [4.78, 5) is 9.12. The van der Waals surface area contributed by atoms with Gasteiger partial charge in [-0.3, -0.25) is 0 Å². The zero-order valence-corrected chi connectivity index (χ0v) is 20.1. The molecule has 1 aromatic heterocycles. The molecule has 0 saturated carbocycles. The molecule has 1 atom stereocenters. The van der Waals surface area contributed by atoms with Crippen molar-refractivity contribution in [3.63, 3.8) is 0 Å². The maximum atomic E-state index is 13.3.